The molecule has 2 aromatic carbocycles. The maximum Gasteiger partial charge on any atom is 0.287 e. The second-order valence-electron chi connectivity index (χ2n) is 11.1. The summed E-state index contributed by atoms with van der Waals surface area (Å²) in [6.07, 6.45) is 3.10. The number of hydrogen-bond donors (Lipinski definition) is 1. The highest BCUT2D eigenvalue weighted by molar-refractivity contribution is 5.91. The molecule has 0 saturated carbocycles. The Labute approximate surface area is 198 Å². The SMILES string of the molecule is Cc1ccc([C@@H](C)NC(=O)c2ccc(Cc3cc4c(cc3C)C(C)(C)CCC4(C)C)o2)cc1. The van der Waals surface area contributed by atoms with E-state index < -0.39 is 0 Å². The Bertz CT molecular complexity index is 1160. The smallest absolute Gasteiger partial charge is 0.287 e. The zero-order valence-electron chi connectivity index (χ0n) is 21.1. The Hall–Kier alpha value is -2.81. The number of benzene rings is 2. The third-order valence-electron chi connectivity index (χ3n) is 7.48. The third kappa shape index (κ3) is 4.78. The highest BCUT2D eigenvalue weighted by Gasteiger charge is 2.37. The topological polar surface area (TPSA) is 42.2 Å². The van der Waals surface area contributed by atoms with E-state index in [4.69, 9.17) is 4.42 Å². The highest BCUT2D eigenvalue weighted by Crippen LogP contribution is 2.46. The number of aryl methyl sites for hydroxylation is 2. The molecule has 3 aromatic rings. The number of fused-ring (bicyclic) bond motifs is 1. The van der Waals surface area contributed by atoms with E-state index >= 15 is 0 Å². The molecule has 1 aliphatic rings. The minimum absolute atomic E-state index is 0.0832. The Morgan fingerprint density at radius 1 is 0.939 bits per heavy atom. The summed E-state index contributed by atoms with van der Waals surface area (Å²) in [5, 5.41) is 3.05. The van der Waals surface area contributed by atoms with Crippen LogP contribution in [0, 0.1) is 13.8 Å². The van der Waals surface area contributed by atoms with Crippen LogP contribution in [0.2, 0.25) is 0 Å². The summed E-state index contributed by atoms with van der Waals surface area (Å²) in [4.78, 5) is 12.8. The summed E-state index contributed by atoms with van der Waals surface area (Å²) in [5.41, 5.74) is 8.16. The first-order chi connectivity index (χ1) is 15.5. The van der Waals surface area contributed by atoms with Crippen molar-refractivity contribution in [1.29, 1.82) is 0 Å². The van der Waals surface area contributed by atoms with Crippen molar-refractivity contribution in [3.63, 3.8) is 0 Å². The molecule has 0 spiro atoms. The fourth-order valence-corrected chi connectivity index (χ4v) is 4.95. The molecule has 0 bridgehead atoms. The van der Waals surface area contributed by atoms with Gasteiger partial charge in [0, 0.05) is 6.42 Å². The molecule has 0 saturated heterocycles. The fourth-order valence-electron chi connectivity index (χ4n) is 4.95. The number of amides is 1. The van der Waals surface area contributed by atoms with Gasteiger partial charge in [0.1, 0.15) is 5.76 Å². The number of carbonyl (C=O) groups is 1. The van der Waals surface area contributed by atoms with E-state index in [0.29, 0.717) is 12.2 Å². The Balaban J connectivity index is 1.52. The number of nitrogens with one attached hydrogen (secondary N) is 1. The quantitative estimate of drug-likeness (QED) is 0.449. The lowest BCUT2D eigenvalue weighted by atomic mass is 9.62. The monoisotopic (exact) mass is 443 g/mol. The van der Waals surface area contributed by atoms with Crippen molar-refractivity contribution in [2.45, 2.75) is 84.6 Å². The molecule has 1 aromatic heterocycles. The van der Waals surface area contributed by atoms with Crippen molar-refractivity contribution >= 4 is 5.91 Å². The summed E-state index contributed by atoms with van der Waals surface area (Å²) < 4.78 is 5.99. The Morgan fingerprint density at radius 3 is 2.18 bits per heavy atom. The van der Waals surface area contributed by atoms with E-state index in [1.807, 2.05) is 13.0 Å². The zero-order valence-corrected chi connectivity index (χ0v) is 21.1. The van der Waals surface area contributed by atoms with Gasteiger partial charge in [0.2, 0.25) is 0 Å². The van der Waals surface area contributed by atoms with Crippen molar-refractivity contribution in [2.24, 2.45) is 0 Å². The van der Waals surface area contributed by atoms with Crippen LogP contribution < -0.4 is 5.32 Å². The standard InChI is InChI=1S/C30H37NO2/c1-19-8-10-22(11-9-19)21(3)31-28(32)27-13-12-24(33-27)17-23-18-26-25(16-20(23)2)29(4,5)14-15-30(26,6)7/h8-13,16,18,21H,14-15,17H2,1-7H3,(H,31,32)/t21-/m1/s1. The van der Waals surface area contributed by atoms with Crippen LogP contribution in [0.4, 0.5) is 0 Å². The van der Waals surface area contributed by atoms with Crippen LogP contribution >= 0.6 is 0 Å². The first-order valence-electron chi connectivity index (χ1n) is 12.1. The minimum Gasteiger partial charge on any atom is -0.456 e. The molecule has 3 nitrogen and oxygen atoms in total. The van der Waals surface area contributed by atoms with Crippen molar-refractivity contribution < 1.29 is 9.21 Å². The predicted molar refractivity (Wildman–Crippen MR) is 135 cm³/mol. The number of hydrogen-bond acceptors (Lipinski definition) is 2. The molecular weight excluding hydrogens is 406 g/mol. The van der Waals surface area contributed by atoms with Crippen LogP contribution in [0.1, 0.15) is 103 Å². The first-order valence-corrected chi connectivity index (χ1v) is 12.1. The predicted octanol–water partition coefficient (Wildman–Crippen LogP) is 7.33. The molecule has 0 aliphatic heterocycles. The van der Waals surface area contributed by atoms with Crippen molar-refractivity contribution in [3.05, 3.63) is 93.4 Å². The summed E-state index contributed by atoms with van der Waals surface area (Å²) >= 11 is 0. The van der Waals surface area contributed by atoms with Gasteiger partial charge in [-0.2, -0.15) is 0 Å². The van der Waals surface area contributed by atoms with Gasteiger partial charge in [-0.25, -0.2) is 0 Å². The van der Waals surface area contributed by atoms with E-state index in [-0.39, 0.29) is 22.8 Å². The van der Waals surface area contributed by atoms with Crippen LogP contribution in [0.5, 0.6) is 0 Å². The van der Waals surface area contributed by atoms with Gasteiger partial charge in [-0.05, 0) is 84.4 Å². The van der Waals surface area contributed by atoms with Crippen LogP contribution in [0.15, 0.2) is 52.9 Å². The molecule has 1 N–H and O–H groups in total. The van der Waals surface area contributed by atoms with Gasteiger partial charge in [-0.3, -0.25) is 4.79 Å². The second-order valence-corrected chi connectivity index (χ2v) is 11.1. The van der Waals surface area contributed by atoms with E-state index in [0.717, 1.165) is 11.3 Å². The van der Waals surface area contributed by atoms with Crippen molar-refractivity contribution in [2.75, 3.05) is 0 Å². The molecule has 1 amide bonds. The number of rotatable bonds is 5. The molecule has 1 aliphatic carbocycles. The van der Waals surface area contributed by atoms with E-state index in [9.17, 15) is 4.79 Å². The molecule has 1 heterocycles. The molecular formula is C30H37NO2. The van der Waals surface area contributed by atoms with Crippen LogP contribution in [-0.4, -0.2) is 5.91 Å². The lowest BCUT2D eigenvalue weighted by Gasteiger charge is -2.42. The summed E-state index contributed by atoms with van der Waals surface area (Å²) in [5.74, 6) is 1.000. The van der Waals surface area contributed by atoms with Crippen LogP contribution in [0.25, 0.3) is 0 Å². The van der Waals surface area contributed by atoms with E-state index in [2.05, 4.69) is 83.3 Å². The van der Waals surface area contributed by atoms with Crippen molar-refractivity contribution in [1.82, 2.24) is 5.32 Å². The van der Waals surface area contributed by atoms with E-state index in [1.54, 1.807) is 6.07 Å². The van der Waals surface area contributed by atoms with Gasteiger partial charge in [0.25, 0.3) is 5.91 Å². The van der Waals surface area contributed by atoms with Crippen molar-refractivity contribution in [3.8, 4) is 0 Å². The Kier molecular flexibility index (Phi) is 6.03. The maximum atomic E-state index is 12.8. The largest absolute Gasteiger partial charge is 0.456 e. The van der Waals surface area contributed by atoms with Gasteiger partial charge in [0.15, 0.2) is 5.76 Å². The fraction of sp³-hybridized carbons (Fsp3) is 0.433. The average molecular weight is 444 g/mol. The van der Waals surface area contributed by atoms with Gasteiger partial charge in [-0.15, -0.1) is 0 Å². The zero-order chi connectivity index (χ0) is 24.0. The molecule has 0 unspecified atom stereocenters. The maximum absolute atomic E-state index is 12.8. The number of carbonyl (C=O) groups excluding carboxylic acids is 1. The molecule has 33 heavy (non-hydrogen) atoms. The summed E-state index contributed by atoms with van der Waals surface area (Å²) in [7, 11) is 0. The normalized spacial score (nSPS) is 17.3. The average Bonchev–Trinajstić information content (AvgIpc) is 3.22. The molecule has 174 valence electrons. The summed E-state index contributed by atoms with van der Waals surface area (Å²) in [6.45, 7) is 15.7. The molecule has 4 rings (SSSR count). The summed E-state index contributed by atoms with van der Waals surface area (Å²) in [6, 6.07) is 16.6. The van der Waals surface area contributed by atoms with Crippen LogP contribution in [-0.2, 0) is 17.3 Å². The van der Waals surface area contributed by atoms with Crippen LogP contribution in [0.3, 0.4) is 0 Å². The molecule has 3 heteroatoms. The van der Waals surface area contributed by atoms with Gasteiger partial charge < -0.3 is 9.73 Å². The first kappa shape index (κ1) is 23.4. The van der Waals surface area contributed by atoms with Gasteiger partial charge in [-0.1, -0.05) is 69.7 Å². The number of furan rings is 1. The lowest BCUT2D eigenvalue weighted by molar-refractivity contribution is 0.0910. The molecule has 1 atom stereocenters. The van der Waals surface area contributed by atoms with Gasteiger partial charge >= 0.3 is 0 Å². The highest BCUT2D eigenvalue weighted by atomic mass is 16.3. The third-order valence-corrected chi connectivity index (χ3v) is 7.48. The lowest BCUT2D eigenvalue weighted by Crippen LogP contribution is -2.34. The van der Waals surface area contributed by atoms with Gasteiger partial charge in [0.05, 0.1) is 6.04 Å². The Morgan fingerprint density at radius 2 is 1.55 bits per heavy atom. The van der Waals surface area contributed by atoms with E-state index in [1.165, 1.54) is 40.7 Å². The second kappa shape index (κ2) is 8.52. The minimum atomic E-state index is -0.181. The molecule has 0 fully saturated rings. The molecule has 0 radical (unpaired) electrons.